The van der Waals surface area contributed by atoms with Crippen LogP contribution in [0.5, 0.6) is 11.5 Å². The highest BCUT2D eigenvalue weighted by atomic mass is 16.5. The molecule has 134 valence electrons. The van der Waals surface area contributed by atoms with Crippen LogP contribution in [0.1, 0.15) is 18.4 Å². The Balaban J connectivity index is 1.54. The van der Waals surface area contributed by atoms with Crippen LogP contribution in [0.25, 0.3) is 0 Å². The van der Waals surface area contributed by atoms with Crippen molar-refractivity contribution in [1.29, 1.82) is 0 Å². The van der Waals surface area contributed by atoms with Gasteiger partial charge in [-0.3, -0.25) is 4.90 Å². The average molecular weight is 340 g/mol. The molecule has 2 aromatic rings. The topological polar surface area (TPSA) is 47.7 Å². The molecule has 0 radical (unpaired) electrons. The summed E-state index contributed by atoms with van der Waals surface area (Å²) in [5.74, 6) is 2.66. The minimum atomic E-state index is 0.512. The highest BCUT2D eigenvalue weighted by Crippen LogP contribution is 2.32. The van der Waals surface area contributed by atoms with Crippen LogP contribution in [0.2, 0.25) is 0 Å². The van der Waals surface area contributed by atoms with E-state index < -0.39 is 0 Å². The molecule has 4 nitrogen and oxygen atoms in total. The number of likely N-dealkylation sites (tertiary alicyclic amines) is 1. The van der Waals surface area contributed by atoms with E-state index >= 15 is 0 Å². The van der Waals surface area contributed by atoms with Gasteiger partial charge in [-0.1, -0.05) is 42.5 Å². The van der Waals surface area contributed by atoms with Crippen LogP contribution in [-0.2, 0) is 0 Å². The van der Waals surface area contributed by atoms with Gasteiger partial charge in [0, 0.05) is 25.6 Å². The molecule has 0 spiro atoms. The van der Waals surface area contributed by atoms with Gasteiger partial charge < -0.3 is 15.2 Å². The van der Waals surface area contributed by atoms with Crippen LogP contribution >= 0.6 is 0 Å². The van der Waals surface area contributed by atoms with E-state index in [9.17, 15) is 0 Å². The van der Waals surface area contributed by atoms with Crippen molar-refractivity contribution in [2.24, 2.45) is 11.7 Å². The second-order valence-corrected chi connectivity index (χ2v) is 6.50. The maximum atomic E-state index is 6.02. The van der Waals surface area contributed by atoms with Gasteiger partial charge in [0.1, 0.15) is 6.61 Å². The minimum absolute atomic E-state index is 0.512. The van der Waals surface area contributed by atoms with Crippen molar-refractivity contribution in [2.75, 3.05) is 39.4 Å². The van der Waals surface area contributed by atoms with Crippen molar-refractivity contribution in [3.63, 3.8) is 0 Å². The zero-order chi connectivity index (χ0) is 17.5. The van der Waals surface area contributed by atoms with E-state index in [1.54, 1.807) is 0 Å². The Morgan fingerprint density at radius 3 is 2.32 bits per heavy atom. The molecule has 2 N–H and O–H groups in total. The van der Waals surface area contributed by atoms with Crippen LogP contribution in [0.4, 0.5) is 0 Å². The van der Waals surface area contributed by atoms with Gasteiger partial charge in [0.25, 0.3) is 0 Å². The van der Waals surface area contributed by atoms with Gasteiger partial charge in [-0.15, -0.1) is 0 Å². The lowest BCUT2D eigenvalue weighted by molar-refractivity contribution is 0.222. The molecule has 2 atom stereocenters. The largest absolute Gasteiger partial charge is 0.490 e. The number of rotatable bonds is 8. The van der Waals surface area contributed by atoms with E-state index in [1.807, 2.05) is 31.2 Å². The molecule has 4 heteroatoms. The number of para-hydroxylation sites is 2. The first kappa shape index (κ1) is 17.8. The molecule has 1 heterocycles. The minimum Gasteiger partial charge on any atom is -0.490 e. The average Bonchev–Trinajstić information content (AvgIpc) is 3.07. The van der Waals surface area contributed by atoms with Gasteiger partial charge in [-0.2, -0.15) is 0 Å². The van der Waals surface area contributed by atoms with E-state index in [0.717, 1.165) is 37.7 Å². The second kappa shape index (κ2) is 8.88. The monoisotopic (exact) mass is 340 g/mol. The summed E-state index contributed by atoms with van der Waals surface area (Å²) in [6.45, 7) is 6.99. The predicted molar refractivity (Wildman–Crippen MR) is 101 cm³/mol. The van der Waals surface area contributed by atoms with E-state index in [2.05, 4.69) is 35.2 Å². The molecule has 25 heavy (non-hydrogen) atoms. The molecule has 1 aliphatic rings. The maximum Gasteiger partial charge on any atom is 0.161 e. The first-order valence-electron chi connectivity index (χ1n) is 9.13. The Kier molecular flexibility index (Phi) is 6.31. The van der Waals surface area contributed by atoms with Gasteiger partial charge in [0.05, 0.1) is 6.61 Å². The van der Waals surface area contributed by atoms with E-state index in [4.69, 9.17) is 15.2 Å². The molecule has 0 amide bonds. The summed E-state index contributed by atoms with van der Waals surface area (Å²) in [5, 5.41) is 0. The van der Waals surface area contributed by atoms with Crippen LogP contribution in [-0.4, -0.2) is 44.3 Å². The molecule has 1 saturated heterocycles. The zero-order valence-corrected chi connectivity index (χ0v) is 14.9. The molecule has 0 bridgehead atoms. The van der Waals surface area contributed by atoms with Crippen LogP contribution < -0.4 is 15.2 Å². The first-order valence-corrected chi connectivity index (χ1v) is 9.13. The lowest BCUT2D eigenvalue weighted by Gasteiger charge is -2.17. The standard InChI is InChI=1S/C21H28N2O2/c1-2-24-20-10-6-7-11-21(20)25-13-12-23-15-18(14-22)19(16-23)17-8-4-3-5-9-17/h3-11,18-19H,2,12-16,22H2,1H3/t18-,19+/m1/s1. The summed E-state index contributed by atoms with van der Waals surface area (Å²) < 4.78 is 11.6. The van der Waals surface area contributed by atoms with E-state index in [-0.39, 0.29) is 0 Å². The molecule has 0 unspecified atom stereocenters. The number of hydrogen-bond donors (Lipinski definition) is 1. The Labute approximate surface area is 150 Å². The van der Waals surface area contributed by atoms with Gasteiger partial charge in [0.15, 0.2) is 11.5 Å². The molecule has 3 rings (SSSR count). The van der Waals surface area contributed by atoms with Crippen molar-refractivity contribution >= 4 is 0 Å². The smallest absolute Gasteiger partial charge is 0.161 e. The van der Waals surface area contributed by atoms with Crippen molar-refractivity contribution in [3.8, 4) is 11.5 Å². The number of ether oxygens (including phenoxy) is 2. The Hall–Kier alpha value is -2.04. The van der Waals surface area contributed by atoms with E-state index in [0.29, 0.717) is 25.0 Å². The zero-order valence-electron chi connectivity index (χ0n) is 14.9. The Morgan fingerprint density at radius 1 is 0.960 bits per heavy atom. The van der Waals surface area contributed by atoms with Crippen LogP contribution in [0.3, 0.4) is 0 Å². The molecule has 0 aliphatic carbocycles. The fourth-order valence-corrected chi connectivity index (χ4v) is 3.59. The summed E-state index contributed by atoms with van der Waals surface area (Å²) in [4.78, 5) is 2.46. The fraction of sp³-hybridized carbons (Fsp3) is 0.429. The fourth-order valence-electron chi connectivity index (χ4n) is 3.59. The number of nitrogens with two attached hydrogens (primary N) is 1. The summed E-state index contributed by atoms with van der Waals surface area (Å²) in [6.07, 6.45) is 0. The Morgan fingerprint density at radius 2 is 1.64 bits per heavy atom. The third-order valence-corrected chi connectivity index (χ3v) is 4.86. The number of benzene rings is 2. The van der Waals surface area contributed by atoms with Crippen molar-refractivity contribution in [2.45, 2.75) is 12.8 Å². The third-order valence-electron chi connectivity index (χ3n) is 4.86. The molecule has 1 aliphatic heterocycles. The quantitative estimate of drug-likeness (QED) is 0.802. The van der Waals surface area contributed by atoms with E-state index in [1.165, 1.54) is 5.56 Å². The summed E-state index contributed by atoms with van der Waals surface area (Å²) in [6, 6.07) is 18.6. The normalized spacial score (nSPS) is 20.6. The molecular formula is C21H28N2O2. The molecule has 1 fully saturated rings. The van der Waals surface area contributed by atoms with Gasteiger partial charge in [-0.25, -0.2) is 0 Å². The van der Waals surface area contributed by atoms with Gasteiger partial charge in [-0.05, 0) is 37.1 Å². The summed E-state index contributed by atoms with van der Waals surface area (Å²) >= 11 is 0. The predicted octanol–water partition coefficient (Wildman–Crippen LogP) is 3.14. The number of nitrogens with zero attached hydrogens (tertiary/aromatic N) is 1. The Bertz CT molecular complexity index is 647. The number of hydrogen-bond acceptors (Lipinski definition) is 4. The first-order chi connectivity index (χ1) is 12.3. The lowest BCUT2D eigenvalue weighted by atomic mass is 9.89. The van der Waals surface area contributed by atoms with Crippen molar-refractivity contribution < 1.29 is 9.47 Å². The SMILES string of the molecule is CCOc1ccccc1OCCN1C[C@@H](CN)[C@H](c2ccccc2)C1. The second-order valence-electron chi connectivity index (χ2n) is 6.50. The maximum absolute atomic E-state index is 6.02. The van der Waals surface area contributed by atoms with Crippen molar-refractivity contribution in [3.05, 3.63) is 60.2 Å². The molecule has 0 saturated carbocycles. The molecule has 0 aromatic heterocycles. The summed E-state index contributed by atoms with van der Waals surface area (Å²) in [7, 11) is 0. The molecular weight excluding hydrogens is 312 g/mol. The van der Waals surface area contributed by atoms with Gasteiger partial charge in [0.2, 0.25) is 0 Å². The van der Waals surface area contributed by atoms with Crippen molar-refractivity contribution in [1.82, 2.24) is 4.90 Å². The highest BCUT2D eigenvalue weighted by molar-refractivity contribution is 5.39. The molecule has 2 aromatic carbocycles. The van der Waals surface area contributed by atoms with Crippen LogP contribution in [0.15, 0.2) is 54.6 Å². The lowest BCUT2D eigenvalue weighted by Crippen LogP contribution is -2.27. The van der Waals surface area contributed by atoms with Gasteiger partial charge >= 0.3 is 0 Å². The highest BCUT2D eigenvalue weighted by Gasteiger charge is 2.32. The van der Waals surface area contributed by atoms with Crippen LogP contribution in [0, 0.1) is 5.92 Å². The third kappa shape index (κ3) is 4.53. The summed E-state index contributed by atoms with van der Waals surface area (Å²) in [5.41, 5.74) is 7.41.